The van der Waals surface area contributed by atoms with Crippen molar-refractivity contribution >= 4 is 28.2 Å². The van der Waals surface area contributed by atoms with E-state index < -0.39 is 0 Å². The van der Waals surface area contributed by atoms with Crippen molar-refractivity contribution in [3.63, 3.8) is 0 Å². The number of rotatable bonds is 0. The summed E-state index contributed by atoms with van der Waals surface area (Å²) in [5.74, 6) is 0. The molecular weight excluding hydrogens is 231 g/mol. The van der Waals surface area contributed by atoms with Crippen LogP contribution in [0.4, 0.5) is 0 Å². The van der Waals surface area contributed by atoms with Gasteiger partial charge in [-0.25, -0.2) is 0 Å². The van der Waals surface area contributed by atoms with E-state index in [0.717, 1.165) is 0 Å². The van der Waals surface area contributed by atoms with E-state index >= 15 is 0 Å². The Kier molecular flexibility index (Phi) is 20.0. The van der Waals surface area contributed by atoms with Crippen molar-refractivity contribution in [2.24, 2.45) is 0 Å². The molecule has 0 spiro atoms. The van der Waals surface area contributed by atoms with Crippen molar-refractivity contribution in [3.05, 3.63) is 0 Å². The SMILES string of the molecule is O.[Br][Mn][Br]. The van der Waals surface area contributed by atoms with Crippen LogP contribution in [0.25, 0.3) is 0 Å². The normalized spacial score (nSPS) is 4.50. The van der Waals surface area contributed by atoms with Crippen LogP contribution in [0, 0.1) is 0 Å². The molecule has 0 aromatic rings. The van der Waals surface area contributed by atoms with Gasteiger partial charge in [-0.3, -0.25) is 0 Å². The van der Waals surface area contributed by atoms with E-state index in [9.17, 15) is 0 Å². The third-order valence-corrected chi connectivity index (χ3v) is 0. The molecule has 0 amide bonds. The van der Waals surface area contributed by atoms with Gasteiger partial charge in [0.25, 0.3) is 0 Å². The quantitative estimate of drug-likeness (QED) is 0.555. The molecule has 0 rings (SSSR count). The van der Waals surface area contributed by atoms with E-state index in [2.05, 4.69) is 28.2 Å². The molecule has 0 saturated carbocycles. The van der Waals surface area contributed by atoms with E-state index in [0.29, 0.717) is 11.3 Å². The first-order valence-electron chi connectivity index (χ1n) is 0.286. The third kappa shape index (κ3) is 9.88. The minimum atomic E-state index is 0. The van der Waals surface area contributed by atoms with Gasteiger partial charge in [0.15, 0.2) is 0 Å². The second kappa shape index (κ2) is 8.83. The second-order valence-corrected chi connectivity index (χ2v) is 6.01. The summed E-state index contributed by atoms with van der Waals surface area (Å²) < 4.78 is 0. The fourth-order valence-electron chi connectivity index (χ4n) is 0. The predicted octanol–water partition coefficient (Wildman–Crippen LogP) is 0.864. The molecule has 4 heteroatoms. The fourth-order valence-corrected chi connectivity index (χ4v) is 0. The fraction of sp³-hybridized carbons (Fsp3) is 0. The van der Waals surface area contributed by atoms with Crippen molar-refractivity contribution < 1.29 is 16.8 Å². The van der Waals surface area contributed by atoms with Crippen LogP contribution in [0.2, 0.25) is 0 Å². The minimum absolute atomic E-state index is 0. The van der Waals surface area contributed by atoms with Gasteiger partial charge in [-0.1, -0.05) is 0 Å². The molecule has 0 bridgehead atoms. The number of halogens is 2. The first kappa shape index (κ1) is 9.06. The van der Waals surface area contributed by atoms with Gasteiger partial charge in [0, 0.05) is 0 Å². The first-order chi connectivity index (χ1) is 1.41. The summed E-state index contributed by atoms with van der Waals surface area (Å²) in [6, 6.07) is 0. The Hall–Kier alpha value is 1.44. The summed E-state index contributed by atoms with van der Waals surface area (Å²) in [6.45, 7) is 0. The Morgan fingerprint density at radius 1 is 1.25 bits per heavy atom. The number of hydrogen-bond donors (Lipinski definition) is 0. The Bertz CT molecular complexity index is 6.00. The predicted molar refractivity (Wildman–Crippen MR) is 21.5 cm³/mol. The van der Waals surface area contributed by atoms with E-state index in [-0.39, 0.29) is 5.48 Å². The van der Waals surface area contributed by atoms with Crippen LogP contribution < -0.4 is 0 Å². The monoisotopic (exact) mass is 231 g/mol. The molecule has 0 aliphatic carbocycles. The maximum atomic E-state index is 3.09. The van der Waals surface area contributed by atoms with Crippen LogP contribution in [0.15, 0.2) is 0 Å². The van der Waals surface area contributed by atoms with Gasteiger partial charge < -0.3 is 5.48 Å². The summed E-state index contributed by atoms with van der Waals surface area (Å²) >= 11 is 6.88. The molecule has 0 heterocycles. The second-order valence-electron chi connectivity index (χ2n) is 0.0540. The molecule has 0 unspecified atom stereocenters. The maximum absolute atomic E-state index is 3.09. The Balaban J connectivity index is 0. The molecule has 0 saturated heterocycles. The van der Waals surface area contributed by atoms with Crippen molar-refractivity contribution in [1.82, 2.24) is 0 Å². The van der Waals surface area contributed by atoms with Crippen molar-refractivity contribution in [2.45, 2.75) is 0 Å². The molecule has 0 fully saturated rings. The van der Waals surface area contributed by atoms with Crippen LogP contribution in [-0.2, 0) is 11.3 Å². The Morgan fingerprint density at radius 2 is 1.25 bits per heavy atom. The van der Waals surface area contributed by atoms with E-state index in [1.54, 1.807) is 0 Å². The van der Waals surface area contributed by atoms with Gasteiger partial charge in [0.1, 0.15) is 0 Å². The molecule has 0 aliphatic heterocycles. The Morgan fingerprint density at radius 3 is 1.25 bits per heavy atom. The number of hydrogen-bond acceptors (Lipinski definition) is 0. The summed E-state index contributed by atoms with van der Waals surface area (Å²) in [6.07, 6.45) is 0. The van der Waals surface area contributed by atoms with Crippen LogP contribution in [0.1, 0.15) is 0 Å². The first-order valence-corrected chi connectivity index (χ1v) is 6.12. The van der Waals surface area contributed by atoms with Crippen LogP contribution in [0.5, 0.6) is 0 Å². The van der Waals surface area contributed by atoms with E-state index in [4.69, 9.17) is 0 Å². The molecule has 2 N–H and O–H groups in total. The van der Waals surface area contributed by atoms with Gasteiger partial charge in [0.05, 0.1) is 0 Å². The molecule has 4 heavy (non-hydrogen) atoms. The average Bonchev–Trinajstić information content (AvgIpc) is 0.918. The average molecular weight is 233 g/mol. The molecule has 1 nitrogen and oxygen atoms in total. The molecular formula is H2Br2MnO. The van der Waals surface area contributed by atoms with Crippen LogP contribution >= 0.6 is 28.2 Å². The molecule has 0 aromatic carbocycles. The molecule has 0 aliphatic rings. The molecule has 0 radical (unpaired) electrons. The van der Waals surface area contributed by atoms with Gasteiger partial charge in [0.2, 0.25) is 0 Å². The zero-order valence-electron chi connectivity index (χ0n) is 1.63. The van der Waals surface area contributed by atoms with Crippen molar-refractivity contribution in [1.29, 1.82) is 0 Å². The van der Waals surface area contributed by atoms with Gasteiger partial charge >= 0.3 is 39.6 Å². The zero-order valence-corrected chi connectivity index (χ0v) is 5.99. The zero-order chi connectivity index (χ0) is 2.71. The third-order valence-electron chi connectivity index (χ3n) is 0. The molecule has 0 atom stereocenters. The molecule has 0 aromatic heterocycles. The van der Waals surface area contributed by atoms with E-state index in [1.165, 1.54) is 0 Å². The summed E-state index contributed by atoms with van der Waals surface area (Å²) in [5, 5.41) is 0. The van der Waals surface area contributed by atoms with E-state index in [1.807, 2.05) is 0 Å². The molecule has 29 valence electrons. The van der Waals surface area contributed by atoms with Crippen molar-refractivity contribution in [2.75, 3.05) is 0 Å². The van der Waals surface area contributed by atoms with Gasteiger partial charge in [-0.15, -0.1) is 0 Å². The summed E-state index contributed by atoms with van der Waals surface area (Å²) in [4.78, 5) is 0. The Labute approximate surface area is 45.0 Å². The standard InChI is InChI=1S/2BrH.Mn.H2O/h2*1H;;1H2/q;;+2;/p-2. The topological polar surface area (TPSA) is 31.5 Å². The summed E-state index contributed by atoms with van der Waals surface area (Å²) in [7, 11) is 0. The van der Waals surface area contributed by atoms with Crippen molar-refractivity contribution in [3.8, 4) is 0 Å². The summed E-state index contributed by atoms with van der Waals surface area (Å²) in [5.41, 5.74) is 0. The van der Waals surface area contributed by atoms with Crippen LogP contribution in [-0.4, -0.2) is 5.48 Å². The van der Waals surface area contributed by atoms with Crippen LogP contribution in [0.3, 0.4) is 0 Å². The van der Waals surface area contributed by atoms with Gasteiger partial charge in [-0.2, -0.15) is 0 Å². The van der Waals surface area contributed by atoms with Gasteiger partial charge in [-0.05, 0) is 0 Å².